The molecule has 240 valence electrons. The average molecular weight is 607 g/mol. The van der Waals surface area contributed by atoms with Gasteiger partial charge in [-0.05, 0) is 24.7 Å². The van der Waals surface area contributed by atoms with Gasteiger partial charge in [-0.15, -0.1) is 6.58 Å². The Morgan fingerprint density at radius 1 is 1.07 bits per heavy atom. The van der Waals surface area contributed by atoms with E-state index >= 15 is 0 Å². The number of likely N-dealkylation sites (N-methyl/N-ethyl adjacent to an activating group) is 1. The number of nitrogens with two attached hydrogens (primary N) is 1. The van der Waals surface area contributed by atoms with Crippen LogP contribution in [0.1, 0.15) is 66.2 Å². The largest absolute Gasteiger partial charge is 0.452 e. The van der Waals surface area contributed by atoms with E-state index in [2.05, 4.69) is 22.5 Å². The molecule has 14 nitrogen and oxygen atoms in total. The zero-order valence-electron chi connectivity index (χ0n) is 25.7. The molecule has 2 aliphatic rings. The molecule has 0 aromatic rings. The fourth-order valence-corrected chi connectivity index (χ4v) is 5.35. The standard InChI is InChI=1S/C29H46N6O8/c1-7-10-20-28(41)35-14-9-11-19(35)26(39)33-23(17(5)8-2)29(42)34(6)24(16(3)4)27(40)32-18(15-21(30)36)25(38)31-13-12-22(37)43-20/h7,16-20,23-24H,1,8-15H2,2-6H3,(H2,30,36)(H,31,38)(H,32,40)(H,33,39)/t17-,18-,19-,20?,23-,24-/m0/s1. The minimum atomic E-state index is -1.37. The number of carbonyl (C=O) groups is 7. The SMILES string of the molecule is C=CCC1OC(=O)CCNC(=O)[C@H](CC(N)=O)NC(=O)[C@H](C(C)C)N(C)C(=O)[C@H]([C@@H](C)CC)NC(=O)[C@@H]2CCCN2C1=O. The van der Waals surface area contributed by atoms with Crippen LogP contribution in [0.2, 0.25) is 0 Å². The lowest BCUT2D eigenvalue weighted by atomic mass is 9.94. The Labute approximate surface area is 252 Å². The zero-order valence-corrected chi connectivity index (χ0v) is 25.7. The molecule has 1 unspecified atom stereocenters. The van der Waals surface area contributed by atoms with E-state index in [-0.39, 0.29) is 31.8 Å². The molecule has 6 amide bonds. The maximum atomic E-state index is 13.9. The summed E-state index contributed by atoms with van der Waals surface area (Å²) in [5.74, 6) is -5.47. The van der Waals surface area contributed by atoms with Gasteiger partial charge in [0, 0.05) is 26.6 Å². The number of nitrogens with one attached hydrogen (secondary N) is 3. The Bertz CT molecular complexity index is 1090. The Balaban J connectivity index is 2.54. The number of fused-ring (bicyclic) bond motifs is 1. The summed E-state index contributed by atoms with van der Waals surface area (Å²) in [6.07, 6.45) is 0.775. The number of ether oxygens (including phenoxy) is 1. The molecule has 5 N–H and O–H groups in total. The zero-order chi connectivity index (χ0) is 32.4. The van der Waals surface area contributed by atoms with Gasteiger partial charge < -0.3 is 36.2 Å². The molecule has 2 aliphatic heterocycles. The topological polar surface area (TPSA) is 197 Å². The highest BCUT2D eigenvalue weighted by molar-refractivity contribution is 5.97. The highest BCUT2D eigenvalue weighted by atomic mass is 16.5. The van der Waals surface area contributed by atoms with E-state index in [1.165, 1.54) is 22.9 Å². The number of hydrogen-bond acceptors (Lipinski definition) is 8. The number of nitrogens with zero attached hydrogens (tertiary/aromatic N) is 2. The van der Waals surface area contributed by atoms with Crippen molar-refractivity contribution < 1.29 is 38.3 Å². The van der Waals surface area contributed by atoms with E-state index in [9.17, 15) is 33.6 Å². The highest BCUT2D eigenvalue weighted by Crippen LogP contribution is 2.23. The Morgan fingerprint density at radius 3 is 2.33 bits per heavy atom. The van der Waals surface area contributed by atoms with Gasteiger partial charge in [0.1, 0.15) is 24.2 Å². The monoisotopic (exact) mass is 606 g/mol. The molecule has 0 spiro atoms. The van der Waals surface area contributed by atoms with Crippen LogP contribution < -0.4 is 21.7 Å². The third-order valence-electron chi connectivity index (χ3n) is 7.88. The van der Waals surface area contributed by atoms with Crippen LogP contribution >= 0.6 is 0 Å². The van der Waals surface area contributed by atoms with Gasteiger partial charge in [0.25, 0.3) is 5.91 Å². The minimum Gasteiger partial charge on any atom is -0.452 e. The third kappa shape index (κ3) is 9.26. The van der Waals surface area contributed by atoms with Crippen molar-refractivity contribution in [1.29, 1.82) is 0 Å². The summed E-state index contributed by atoms with van der Waals surface area (Å²) in [7, 11) is 1.44. The van der Waals surface area contributed by atoms with Crippen LogP contribution in [-0.2, 0) is 38.3 Å². The van der Waals surface area contributed by atoms with Crippen LogP contribution in [0.25, 0.3) is 0 Å². The lowest BCUT2D eigenvalue weighted by Gasteiger charge is -2.36. The summed E-state index contributed by atoms with van der Waals surface area (Å²) in [5.41, 5.74) is 5.33. The Kier molecular flexibility index (Phi) is 13.1. The van der Waals surface area contributed by atoms with Crippen LogP contribution in [-0.4, -0.2) is 102 Å². The maximum Gasteiger partial charge on any atom is 0.308 e. The number of esters is 1. The number of primary amides is 1. The number of carbonyl (C=O) groups excluding carboxylic acids is 7. The fraction of sp³-hybridized carbons (Fsp3) is 0.690. The van der Waals surface area contributed by atoms with Crippen molar-refractivity contribution in [2.75, 3.05) is 20.1 Å². The summed E-state index contributed by atoms with van der Waals surface area (Å²) in [6, 6.07) is -4.35. The highest BCUT2D eigenvalue weighted by Gasteiger charge is 2.42. The van der Waals surface area contributed by atoms with Crippen molar-refractivity contribution >= 4 is 41.4 Å². The molecule has 0 radical (unpaired) electrons. The van der Waals surface area contributed by atoms with Gasteiger partial charge >= 0.3 is 5.97 Å². The molecule has 0 saturated carbocycles. The van der Waals surface area contributed by atoms with Gasteiger partial charge in [0.05, 0.1) is 12.8 Å². The molecule has 43 heavy (non-hydrogen) atoms. The van der Waals surface area contributed by atoms with Crippen LogP contribution in [0, 0.1) is 11.8 Å². The quantitative estimate of drug-likeness (QED) is 0.217. The second-order valence-electron chi connectivity index (χ2n) is 11.5. The van der Waals surface area contributed by atoms with Gasteiger partial charge in [0.15, 0.2) is 6.10 Å². The minimum absolute atomic E-state index is 0.00382. The molecule has 0 aromatic carbocycles. The fourth-order valence-electron chi connectivity index (χ4n) is 5.35. The second-order valence-corrected chi connectivity index (χ2v) is 11.5. The van der Waals surface area contributed by atoms with E-state index in [4.69, 9.17) is 10.5 Å². The van der Waals surface area contributed by atoms with Crippen molar-refractivity contribution in [1.82, 2.24) is 25.8 Å². The molecule has 0 bridgehead atoms. The van der Waals surface area contributed by atoms with Crippen molar-refractivity contribution in [3.63, 3.8) is 0 Å². The van der Waals surface area contributed by atoms with E-state index in [0.717, 1.165) is 0 Å². The number of hydrogen-bond donors (Lipinski definition) is 4. The van der Waals surface area contributed by atoms with E-state index < -0.39 is 84.0 Å². The molecule has 2 rings (SSSR count). The van der Waals surface area contributed by atoms with Gasteiger partial charge in [-0.1, -0.05) is 40.2 Å². The predicted molar refractivity (Wildman–Crippen MR) is 156 cm³/mol. The van der Waals surface area contributed by atoms with Gasteiger partial charge in [-0.3, -0.25) is 33.6 Å². The van der Waals surface area contributed by atoms with E-state index in [0.29, 0.717) is 19.3 Å². The predicted octanol–water partition coefficient (Wildman–Crippen LogP) is -0.641. The van der Waals surface area contributed by atoms with Crippen molar-refractivity contribution in [3.8, 4) is 0 Å². The lowest BCUT2D eigenvalue weighted by Crippen LogP contribution is -2.61. The number of amides is 6. The van der Waals surface area contributed by atoms with Crippen LogP contribution in [0.15, 0.2) is 12.7 Å². The first-order chi connectivity index (χ1) is 20.2. The van der Waals surface area contributed by atoms with Crippen LogP contribution in [0.3, 0.4) is 0 Å². The molecule has 0 aromatic heterocycles. The first-order valence-electron chi connectivity index (χ1n) is 14.8. The molecule has 14 heteroatoms. The summed E-state index contributed by atoms with van der Waals surface area (Å²) in [5, 5.41) is 7.82. The smallest absolute Gasteiger partial charge is 0.308 e. The summed E-state index contributed by atoms with van der Waals surface area (Å²) in [4.78, 5) is 94.3. The first kappa shape index (κ1) is 35.2. The third-order valence-corrected chi connectivity index (χ3v) is 7.88. The molecular formula is C29H46N6O8. The van der Waals surface area contributed by atoms with E-state index in [1.54, 1.807) is 20.8 Å². The maximum absolute atomic E-state index is 13.9. The summed E-state index contributed by atoms with van der Waals surface area (Å²) >= 11 is 0. The Morgan fingerprint density at radius 2 is 1.74 bits per heavy atom. The molecule has 2 saturated heterocycles. The Hall–Kier alpha value is -3.97. The molecule has 2 fully saturated rings. The van der Waals surface area contributed by atoms with Crippen molar-refractivity contribution in [2.24, 2.45) is 17.6 Å². The van der Waals surface area contributed by atoms with Gasteiger partial charge in [0.2, 0.25) is 29.5 Å². The van der Waals surface area contributed by atoms with Gasteiger partial charge in [-0.25, -0.2) is 0 Å². The average Bonchev–Trinajstić information content (AvgIpc) is 3.43. The van der Waals surface area contributed by atoms with Crippen molar-refractivity contribution in [3.05, 3.63) is 12.7 Å². The second kappa shape index (κ2) is 16.0. The molecular weight excluding hydrogens is 560 g/mol. The lowest BCUT2D eigenvalue weighted by molar-refractivity contribution is -0.161. The molecule has 6 atom stereocenters. The van der Waals surface area contributed by atoms with E-state index in [1.807, 2.05) is 6.92 Å². The van der Waals surface area contributed by atoms with Crippen LogP contribution in [0.5, 0.6) is 0 Å². The van der Waals surface area contributed by atoms with Gasteiger partial charge in [-0.2, -0.15) is 0 Å². The summed E-state index contributed by atoms with van der Waals surface area (Å²) < 4.78 is 5.41. The number of cyclic esters (lactones) is 1. The van der Waals surface area contributed by atoms with Crippen LogP contribution in [0.4, 0.5) is 0 Å². The summed E-state index contributed by atoms with van der Waals surface area (Å²) in [6.45, 7) is 10.8. The normalized spacial score (nSPS) is 27.6. The van der Waals surface area contributed by atoms with Crippen molar-refractivity contribution in [2.45, 2.75) is 96.5 Å². The molecule has 2 heterocycles. The molecule has 0 aliphatic carbocycles. The first-order valence-corrected chi connectivity index (χ1v) is 14.8. The number of rotatable bonds is 7.